The molecular formula is C13H14Br2N2. The molecule has 0 saturated carbocycles. The molecule has 0 aliphatic heterocycles. The fourth-order valence-electron chi connectivity index (χ4n) is 1.86. The summed E-state index contributed by atoms with van der Waals surface area (Å²) in [6, 6.07) is 8.53. The number of halogens is 2. The van der Waals surface area contributed by atoms with Crippen molar-refractivity contribution >= 4 is 31.9 Å². The molecule has 2 aromatic rings. The van der Waals surface area contributed by atoms with Crippen LogP contribution in [0.2, 0.25) is 0 Å². The number of aromatic nitrogens is 2. The zero-order valence-electron chi connectivity index (χ0n) is 9.61. The van der Waals surface area contributed by atoms with Crippen molar-refractivity contribution in [1.82, 2.24) is 9.78 Å². The lowest BCUT2D eigenvalue weighted by Crippen LogP contribution is -2.03. The summed E-state index contributed by atoms with van der Waals surface area (Å²) >= 11 is 7.06. The van der Waals surface area contributed by atoms with E-state index in [0.29, 0.717) is 5.92 Å². The van der Waals surface area contributed by atoms with Crippen LogP contribution in [0.4, 0.5) is 0 Å². The van der Waals surface area contributed by atoms with E-state index in [4.69, 9.17) is 0 Å². The molecule has 0 amide bonds. The number of aryl methyl sites for hydroxylation is 1. The van der Waals surface area contributed by atoms with Gasteiger partial charge in [-0.25, -0.2) is 0 Å². The zero-order chi connectivity index (χ0) is 12.3. The topological polar surface area (TPSA) is 17.8 Å². The van der Waals surface area contributed by atoms with Crippen molar-refractivity contribution in [3.63, 3.8) is 0 Å². The Kier molecular flexibility index (Phi) is 4.40. The summed E-state index contributed by atoms with van der Waals surface area (Å²) in [7, 11) is 1.95. The lowest BCUT2D eigenvalue weighted by molar-refractivity contribution is 0.758. The van der Waals surface area contributed by atoms with Crippen LogP contribution in [0.15, 0.2) is 41.1 Å². The van der Waals surface area contributed by atoms with Gasteiger partial charge in [0.05, 0.1) is 6.20 Å². The van der Waals surface area contributed by atoms with Gasteiger partial charge in [-0.1, -0.05) is 44.0 Å². The molecule has 0 aliphatic carbocycles. The van der Waals surface area contributed by atoms with Crippen molar-refractivity contribution in [2.24, 2.45) is 7.05 Å². The molecule has 0 radical (unpaired) electrons. The third-order valence-corrected chi connectivity index (χ3v) is 4.08. The summed E-state index contributed by atoms with van der Waals surface area (Å²) in [5.41, 5.74) is 2.63. The van der Waals surface area contributed by atoms with E-state index in [1.807, 2.05) is 17.9 Å². The first-order valence-electron chi connectivity index (χ1n) is 5.48. The van der Waals surface area contributed by atoms with Crippen molar-refractivity contribution < 1.29 is 0 Å². The molecule has 1 aromatic carbocycles. The fourth-order valence-corrected chi connectivity index (χ4v) is 2.73. The van der Waals surface area contributed by atoms with Gasteiger partial charge in [0.25, 0.3) is 0 Å². The molecular weight excluding hydrogens is 344 g/mol. The maximum Gasteiger partial charge on any atom is 0.0521 e. The summed E-state index contributed by atoms with van der Waals surface area (Å²) in [4.78, 5) is 0. The van der Waals surface area contributed by atoms with Crippen LogP contribution in [-0.4, -0.2) is 15.1 Å². The Morgan fingerprint density at radius 1 is 1.29 bits per heavy atom. The Hall–Kier alpha value is -0.610. The largest absolute Gasteiger partial charge is 0.276 e. The van der Waals surface area contributed by atoms with Gasteiger partial charge in [0.1, 0.15) is 0 Å². The van der Waals surface area contributed by atoms with Crippen molar-refractivity contribution in [3.8, 4) is 0 Å². The second-order valence-electron chi connectivity index (χ2n) is 4.13. The minimum Gasteiger partial charge on any atom is -0.276 e. The highest BCUT2D eigenvalue weighted by atomic mass is 79.9. The maximum atomic E-state index is 4.21. The smallest absolute Gasteiger partial charge is 0.0521 e. The highest BCUT2D eigenvalue weighted by Crippen LogP contribution is 2.24. The molecule has 1 aromatic heterocycles. The number of hydrogen-bond acceptors (Lipinski definition) is 1. The van der Waals surface area contributed by atoms with Gasteiger partial charge in [0.15, 0.2) is 0 Å². The van der Waals surface area contributed by atoms with E-state index in [0.717, 1.165) is 16.2 Å². The van der Waals surface area contributed by atoms with Crippen LogP contribution in [-0.2, 0) is 13.5 Å². The molecule has 0 aliphatic rings. The van der Waals surface area contributed by atoms with Crippen molar-refractivity contribution in [2.75, 3.05) is 5.33 Å². The number of alkyl halides is 1. The van der Waals surface area contributed by atoms with Crippen LogP contribution in [0.1, 0.15) is 17.0 Å². The molecule has 1 unspecified atom stereocenters. The quantitative estimate of drug-likeness (QED) is 0.758. The number of rotatable bonds is 4. The minimum absolute atomic E-state index is 0.493. The molecule has 4 heteroatoms. The first-order chi connectivity index (χ1) is 8.19. The lowest BCUT2D eigenvalue weighted by Gasteiger charge is -2.13. The summed E-state index contributed by atoms with van der Waals surface area (Å²) in [6.07, 6.45) is 5.03. The fraction of sp³-hybridized carbons (Fsp3) is 0.308. The van der Waals surface area contributed by atoms with Crippen molar-refractivity contribution in [2.45, 2.75) is 12.3 Å². The van der Waals surface area contributed by atoms with Gasteiger partial charge in [-0.15, -0.1) is 0 Å². The van der Waals surface area contributed by atoms with E-state index < -0.39 is 0 Å². The molecule has 1 heterocycles. The highest BCUT2D eigenvalue weighted by molar-refractivity contribution is 9.10. The highest BCUT2D eigenvalue weighted by Gasteiger charge is 2.11. The second-order valence-corrected chi connectivity index (χ2v) is 5.69. The molecule has 0 bridgehead atoms. The summed E-state index contributed by atoms with van der Waals surface area (Å²) < 4.78 is 2.97. The second kappa shape index (κ2) is 5.83. The standard InChI is InChI=1S/C13H14Br2N2/c1-17-9-10(8-16-17)6-12(7-14)11-2-4-13(15)5-3-11/h2-5,8-9,12H,6-7H2,1H3. The normalized spacial score (nSPS) is 12.6. The predicted molar refractivity (Wildman–Crippen MR) is 77.6 cm³/mol. The SMILES string of the molecule is Cn1cc(CC(CBr)c2ccc(Br)cc2)cn1. The Morgan fingerprint density at radius 2 is 2.00 bits per heavy atom. The van der Waals surface area contributed by atoms with Gasteiger partial charge in [-0.2, -0.15) is 5.10 Å². The molecule has 17 heavy (non-hydrogen) atoms. The van der Waals surface area contributed by atoms with Gasteiger partial charge in [0.2, 0.25) is 0 Å². The monoisotopic (exact) mass is 356 g/mol. The Morgan fingerprint density at radius 3 is 2.53 bits per heavy atom. The average Bonchev–Trinajstić information content (AvgIpc) is 2.73. The number of hydrogen-bond donors (Lipinski definition) is 0. The molecule has 2 nitrogen and oxygen atoms in total. The molecule has 1 atom stereocenters. The third-order valence-electron chi connectivity index (χ3n) is 2.77. The molecule has 0 saturated heterocycles. The molecule has 0 spiro atoms. The van der Waals surface area contributed by atoms with E-state index in [9.17, 15) is 0 Å². The van der Waals surface area contributed by atoms with Crippen LogP contribution in [0.25, 0.3) is 0 Å². The lowest BCUT2D eigenvalue weighted by atomic mass is 9.95. The van der Waals surface area contributed by atoms with Gasteiger partial charge < -0.3 is 0 Å². The summed E-state index contributed by atoms with van der Waals surface area (Å²) in [5, 5.41) is 5.17. The molecule has 2 rings (SSSR count). The van der Waals surface area contributed by atoms with E-state index in [1.165, 1.54) is 11.1 Å². The Bertz CT molecular complexity index is 476. The Balaban J connectivity index is 2.13. The van der Waals surface area contributed by atoms with E-state index in [1.54, 1.807) is 0 Å². The van der Waals surface area contributed by atoms with Crippen LogP contribution < -0.4 is 0 Å². The van der Waals surface area contributed by atoms with Gasteiger partial charge in [0, 0.05) is 23.0 Å². The van der Waals surface area contributed by atoms with Crippen LogP contribution in [0, 0.1) is 0 Å². The van der Waals surface area contributed by atoms with Crippen molar-refractivity contribution in [1.29, 1.82) is 0 Å². The predicted octanol–water partition coefficient (Wildman–Crippen LogP) is 3.90. The maximum absolute atomic E-state index is 4.21. The van der Waals surface area contributed by atoms with Gasteiger partial charge in [-0.05, 0) is 35.6 Å². The molecule has 0 fully saturated rings. The van der Waals surface area contributed by atoms with E-state index in [-0.39, 0.29) is 0 Å². The van der Waals surface area contributed by atoms with Crippen LogP contribution >= 0.6 is 31.9 Å². The summed E-state index contributed by atoms with van der Waals surface area (Å²) in [6.45, 7) is 0. The molecule has 0 N–H and O–H groups in total. The third kappa shape index (κ3) is 3.42. The minimum atomic E-state index is 0.493. The Labute approximate surface area is 118 Å². The molecule has 90 valence electrons. The average molecular weight is 358 g/mol. The van der Waals surface area contributed by atoms with Crippen molar-refractivity contribution in [3.05, 3.63) is 52.3 Å². The number of benzene rings is 1. The van der Waals surface area contributed by atoms with Gasteiger partial charge >= 0.3 is 0 Å². The van der Waals surface area contributed by atoms with Crippen LogP contribution in [0.5, 0.6) is 0 Å². The van der Waals surface area contributed by atoms with Crippen LogP contribution in [0.3, 0.4) is 0 Å². The number of nitrogens with zero attached hydrogens (tertiary/aromatic N) is 2. The van der Waals surface area contributed by atoms with E-state index in [2.05, 4.69) is 67.4 Å². The van der Waals surface area contributed by atoms with E-state index >= 15 is 0 Å². The zero-order valence-corrected chi connectivity index (χ0v) is 12.8. The first-order valence-corrected chi connectivity index (χ1v) is 7.39. The first kappa shape index (κ1) is 12.8. The summed E-state index contributed by atoms with van der Waals surface area (Å²) in [5.74, 6) is 0.493. The van der Waals surface area contributed by atoms with Gasteiger partial charge in [-0.3, -0.25) is 4.68 Å².